The van der Waals surface area contributed by atoms with Crippen LogP contribution < -0.4 is 0 Å². The minimum absolute atomic E-state index is 0.775. The Morgan fingerprint density at radius 1 is 1.18 bits per heavy atom. The van der Waals surface area contributed by atoms with Gasteiger partial charge in [0.2, 0.25) is 0 Å². The SMILES string of the molecule is c1ccc(CN(Cc2cscn2)C2CC2)cc1. The molecule has 1 aliphatic carbocycles. The number of aromatic nitrogens is 1. The summed E-state index contributed by atoms with van der Waals surface area (Å²) in [5.74, 6) is 0. The molecule has 88 valence electrons. The molecule has 0 amide bonds. The van der Waals surface area contributed by atoms with Gasteiger partial charge in [-0.05, 0) is 18.4 Å². The van der Waals surface area contributed by atoms with E-state index in [1.54, 1.807) is 11.3 Å². The van der Waals surface area contributed by atoms with Crippen molar-refractivity contribution in [2.24, 2.45) is 0 Å². The summed E-state index contributed by atoms with van der Waals surface area (Å²) in [6, 6.07) is 11.5. The Morgan fingerprint density at radius 2 is 2.00 bits per heavy atom. The average molecular weight is 244 g/mol. The van der Waals surface area contributed by atoms with Crippen molar-refractivity contribution in [3.63, 3.8) is 0 Å². The highest BCUT2D eigenvalue weighted by atomic mass is 32.1. The zero-order chi connectivity index (χ0) is 11.5. The van der Waals surface area contributed by atoms with E-state index in [0.29, 0.717) is 0 Å². The fourth-order valence-corrected chi connectivity index (χ4v) is 2.64. The van der Waals surface area contributed by atoms with Gasteiger partial charge in [-0.15, -0.1) is 11.3 Å². The van der Waals surface area contributed by atoms with E-state index in [4.69, 9.17) is 0 Å². The van der Waals surface area contributed by atoms with Gasteiger partial charge < -0.3 is 0 Å². The molecular weight excluding hydrogens is 228 g/mol. The number of thiazole rings is 1. The van der Waals surface area contributed by atoms with Crippen LogP contribution in [-0.2, 0) is 13.1 Å². The van der Waals surface area contributed by atoms with Gasteiger partial charge in [0.15, 0.2) is 0 Å². The van der Waals surface area contributed by atoms with Gasteiger partial charge in [0.1, 0.15) is 0 Å². The van der Waals surface area contributed by atoms with Crippen molar-refractivity contribution in [2.75, 3.05) is 0 Å². The van der Waals surface area contributed by atoms with E-state index in [-0.39, 0.29) is 0 Å². The largest absolute Gasteiger partial charge is 0.290 e. The summed E-state index contributed by atoms with van der Waals surface area (Å²) >= 11 is 1.68. The molecular formula is C14H16N2S. The molecule has 0 radical (unpaired) electrons. The topological polar surface area (TPSA) is 16.1 Å². The van der Waals surface area contributed by atoms with E-state index in [2.05, 4.69) is 45.6 Å². The summed E-state index contributed by atoms with van der Waals surface area (Å²) < 4.78 is 0. The lowest BCUT2D eigenvalue weighted by atomic mass is 10.2. The predicted octanol–water partition coefficient (Wildman–Crippen LogP) is 3.31. The molecule has 0 unspecified atom stereocenters. The molecule has 0 aliphatic heterocycles. The van der Waals surface area contributed by atoms with Gasteiger partial charge in [-0.2, -0.15) is 0 Å². The van der Waals surface area contributed by atoms with Crippen molar-refractivity contribution < 1.29 is 0 Å². The van der Waals surface area contributed by atoms with E-state index < -0.39 is 0 Å². The molecule has 0 N–H and O–H groups in total. The Kier molecular flexibility index (Phi) is 3.20. The van der Waals surface area contributed by atoms with Gasteiger partial charge in [0, 0.05) is 24.5 Å². The molecule has 0 spiro atoms. The molecule has 1 aliphatic rings. The molecule has 0 bridgehead atoms. The van der Waals surface area contributed by atoms with Crippen molar-refractivity contribution in [1.29, 1.82) is 0 Å². The van der Waals surface area contributed by atoms with Crippen LogP contribution >= 0.6 is 11.3 Å². The van der Waals surface area contributed by atoms with E-state index in [0.717, 1.165) is 19.1 Å². The second-order valence-corrected chi connectivity index (χ2v) is 5.32. The Bertz CT molecular complexity index is 448. The lowest BCUT2D eigenvalue weighted by molar-refractivity contribution is 0.243. The Balaban J connectivity index is 1.68. The minimum Gasteiger partial charge on any atom is -0.290 e. The summed E-state index contributed by atoms with van der Waals surface area (Å²) in [5.41, 5.74) is 4.52. The lowest BCUT2D eigenvalue weighted by Crippen LogP contribution is -2.25. The van der Waals surface area contributed by atoms with E-state index in [1.807, 2.05) is 5.51 Å². The van der Waals surface area contributed by atoms with Crippen LogP contribution in [0.25, 0.3) is 0 Å². The monoisotopic (exact) mass is 244 g/mol. The van der Waals surface area contributed by atoms with Crippen LogP contribution in [0.4, 0.5) is 0 Å². The predicted molar refractivity (Wildman–Crippen MR) is 70.8 cm³/mol. The quantitative estimate of drug-likeness (QED) is 0.802. The molecule has 1 aromatic heterocycles. The Morgan fingerprint density at radius 3 is 2.65 bits per heavy atom. The molecule has 0 atom stereocenters. The fourth-order valence-electron chi connectivity index (χ4n) is 2.10. The first-order valence-electron chi connectivity index (χ1n) is 6.07. The first-order valence-corrected chi connectivity index (χ1v) is 7.01. The fraction of sp³-hybridized carbons (Fsp3) is 0.357. The molecule has 1 heterocycles. The highest BCUT2D eigenvalue weighted by molar-refractivity contribution is 7.07. The van der Waals surface area contributed by atoms with Crippen LogP contribution in [0.3, 0.4) is 0 Å². The zero-order valence-electron chi connectivity index (χ0n) is 9.75. The van der Waals surface area contributed by atoms with Gasteiger partial charge in [0.25, 0.3) is 0 Å². The van der Waals surface area contributed by atoms with Crippen LogP contribution in [0.1, 0.15) is 24.1 Å². The summed E-state index contributed by atoms with van der Waals surface area (Å²) in [4.78, 5) is 6.93. The second-order valence-electron chi connectivity index (χ2n) is 4.60. The van der Waals surface area contributed by atoms with E-state index >= 15 is 0 Å². The molecule has 2 nitrogen and oxygen atoms in total. The molecule has 1 fully saturated rings. The highest BCUT2D eigenvalue weighted by Crippen LogP contribution is 2.29. The third-order valence-electron chi connectivity index (χ3n) is 3.14. The van der Waals surface area contributed by atoms with Crippen molar-refractivity contribution >= 4 is 11.3 Å². The smallest absolute Gasteiger partial charge is 0.0795 e. The third-order valence-corrected chi connectivity index (χ3v) is 3.78. The molecule has 0 saturated heterocycles. The lowest BCUT2D eigenvalue weighted by Gasteiger charge is -2.20. The van der Waals surface area contributed by atoms with Gasteiger partial charge in [0.05, 0.1) is 11.2 Å². The van der Waals surface area contributed by atoms with Gasteiger partial charge in [-0.3, -0.25) is 4.90 Å². The summed E-state index contributed by atoms with van der Waals surface area (Å²) in [7, 11) is 0. The summed E-state index contributed by atoms with van der Waals surface area (Å²) in [6.45, 7) is 2.03. The van der Waals surface area contributed by atoms with Crippen molar-refractivity contribution in [2.45, 2.75) is 32.0 Å². The molecule has 2 aromatic rings. The Hall–Kier alpha value is -1.19. The highest BCUT2D eigenvalue weighted by Gasteiger charge is 2.29. The minimum atomic E-state index is 0.775. The van der Waals surface area contributed by atoms with E-state index in [9.17, 15) is 0 Å². The first-order chi connectivity index (χ1) is 8.42. The van der Waals surface area contributed by atoms with Crippen molar-refractivity contribution in [1.82, 2.24) is 9.88 Å². The standard InChI is InChI=1S/C14H16N2S/c1-2-4-12(5-3-1)8-16(14-6-7-14)9-13-10-17-11-15-13/h1-5,10-11,14H,6-9H2. The number of benzene rings is 1. The maximum Gasteiger partial charge on any atom is 0.0795 e. The molecule has 3 rings (SSSR count). The normalized spacial score (nSPS) is 15.4. The van der Waals surface area contributed by atoms with Crippen LogP contribution in [0.2, 0.25) is 0 Å². The number of hydrogen-bond acceptors (Lipinski definition) is 3. The zero-order valence-corrected chi connectivity index (χ0v) is 10.6. The number of rotatable bonds is 5. The van der Waals surface area contributed by atoms with Crippen LogP contribution in [0.15, 0.2) is 41.2 Å². The Labute approximate surface area is 106 Å². The molecule has 1 aromatic carbocycles. The second kappa shape index (κ2) is 4.98. The van der Waals surface area contributed by atoms with Gasteiger partial charge >= 0.3 is 0 Å². The number of nitrogens with zero attached hydrogens (tertiary/aromatic N) is 2. The number of hydrogen-bond donors (Lipinski definition) is 0. The first kappa shape index (κ1) is 10.9. The molecule has 3 heteroatoms. The van der Waals surface area contributed by atoms with Crippen LogP contribution in [0, 0.1) is 0 Å². The summed E-state index contributed by atoms with van der Waals surface area (Å²) in [6.07, 6.45) is 2.69. The van der Waals surface area contributed by atoms with Crippen molar-refractivity contribution in [3.8, 4) is 0 Å². The average Bonchev–Trinajstić information content (AvgIpc) is 3.09. The van der Waals surface area contributed by atoms with Gasteiger partial charge in [-0.1, -0.05) is 30.3 Å². The maximum atomic E-state index is 4.38. The molecule has 1 saturated carbocycles. The third kappa shape index (κ3) is 2.93. The molecule has 17 heavy (non-hydrogen) atoms. The maximum absolute atomic E-state index is 4.38. The van der Waals surface area contributed by atoms with E-state index in [1.165, 1.54) is 24.1 Å². The summed E-state index contributed by atoms with van der Waals surface area (Å²) in [5, 5.41) is 2.15. The van der Waals surface area contributed by atoms with Gasteiger partial charge in [-0.25, -0.2) is 4.98 Å². The van der Waals surface area contributed by atoms with Crippen LogP contribution in [0.5, 0.6) is 0 Å². The van der Waals surface area contributed by atoms with Crippen molar-refractivity contribution in [3.05, 3.63) is 52.5 Å². The van der Waals surface area contributed by atoms with Crippen LogP contribution in [-0.4, -0.2) is 15.9 Å².